The van der Waals surface area contributed by atoms with Crippen molar-refractivity contribution in [3.63, 3.8) is 0 Å². The number of sulfone groups is 1. The van der Waals surface area contributed by atoms with Crippen LogP contribution in [0.5, 0.6) is 0 Å². The standard InChI is InChI=1S/C19H21ClO4S/c1-2-13-3-5-14(6-4-13)17-18(19(17,11-21)12-22)25(23,24)16-9-7-15(20)8-10-16/h3-10,17-18,21-22H,2,11-12H2,1H3/t17-,18-/m1/s1. The summed E-state index contributed by atoms with van der Waals surface area (Å²) in [5.41, 5.74) is 0.912. The van der Waals surface area contributed by atoms with E-state index in [0.717, 1.165) is 17.5 Å². The van der Waals surface area contributed by atoms with Crippen molar-refractivity contribution in [1.82, 2.24) is 0 Å². The number of hydrogen-bond acceptors (Lipinski definition) is 4. The van der Waals surface area contributed by atoms with E-state index >= 15 is 0 Å². The third-order valence-electron chi connectivity index (χ3n) is 5.19. The van der Waals surface area contributed by atoms with E-state index in [2.05, 4.69) is 0 Å². The van der Waals surface area contributed by atoms with E-state index in [-0.39, 0.29) is 18.1 Å². The van der Waals surface area contributed by atoms with E-state index in [9.17, 15) is 18.6 Å². The molecular formula is C19H21ClO4S. The van der Waals surface area contributed by atoms with Crippen molar-refractivity contribution in [3.05, 3.63) is 64.7 Å². The maximum Gasteiger partial charge on any atom is 0.182 e. The Hall–Kier alpha value is -1.40. The van der Waals surface area contributed by atoms with Gasteiger partial charge in [-0.15, -0.1) is 0 Å². The molecule has 2 aromatic carbocycles. The Morgan fingerprint density at radius 3 is 2.04 bits per heavy atom. The van der Waals surface area contributed by atoms with Crippen molar-refractivity contribution in [3.8, 4) is 0 Å². The molecule has 2 aromatic rings. The van der Waals surface area contributed by atoms with Gasteiger partial charge in [-0.25, -0.2) is 8.42 Å². The molecule has 0 bridgehead atoms. The predicted octanol–water partition coefficient (Wildman–Crippen LogP) is 2.81. The van der Waals surface area contributed by atoms with Crippen LogP contribution in [0.25, 0.3) is 0 Å². The highest BCUT2D eigenvalue weighted by Crippen LogP contribution is 2.63. The fraction of sp³-hybridized carbons (Fsp3) is 0.368. The quantitative estimate of drug-likeness (QED) is 0.808. The minimum Gasteiger partial charge on any atom is -0.396 e. The van der Waals surface area contributed by atoms with Gasteiger partial charge in [0.15, 0.2) is 9.84 Å². The molecule has 2 N–H and O–H groups in total. The number of aliphatic hydroxyl groups excluding tert-OH is 2. The van der Waals surface area contributed by atoms with Crippen LogP contribution in [0.2, 0.25) is 5.02 Å². The number of hydrogen-bond donors (Lipinski definition) is 2. The molecule has 0 radical (unpaired) electrons. The normalized spacial score (nSPS) is 21.9. The minimum absolute atomic E-state index is 0.154. The average Bonchev–Trinajstić information content (AvgIpc) is 3.33. The van der Waals surface area contributed by atoms with Crippen LogP contribution in [0.15, 0.2) is 53.4 Å². The van der Waals surface area contributed by atoms with Crippen LogP contribution in [0.1, 0.15) is 24.0 Å². The van der Waals surface area contributed by atoms with Crippen molar-refractivity contribution in [2.45, 2.75) is 29.4 Å². The fourth-order valence-corrected chi connectivity index (χ4v) is 6.16. The number of aliphatic hydroxyl groups is 2. The first-order chi connectivity index (χ1) is 11.9. The molecule has 6 heteroatoms. The van der Waals surface area contributed by atoms with Crippen LogP contribution in [0.4, 0.5) is 0 Å². The summed E-state index contributed by atoms with van der Waals surface area (Å²) in [7, 11) is -3.71. The molecule has 25 heavy (non-hydrogen) atoms. The van der Waals surface area contributed by atoms with E-state index in [1.165, 1.54) is 24.3 Å². The zero-order valence-electron chi connectivity index (χ0n) is 13.9. The molecule has 1 aliphatic rings. The second kappa shape index (κ2) is 6.72. The molecule has 0 heterocycles. The first-order valence-corrected chi connectivity index (χ1v) is 10.1. The van der Waals surface area contributed by atoms with Crippen molar-refractivity contribution in [1.29, 1.82) is 0 Å². The number of halogens is 1. The summed E-state index contributed by atoms with van der Waals surface area (Å²) in [6, 6.07) is 13.7. The summed E-state index contributed by atoms with van der Waals surface area (Å²) < 4.78 is 26.2. The number of benzene rings is 2. The molecule has 0 saturated heterocycles. The summed E-state index contributed by atoms with van der Waals surface area (Å²) in [5, 5.41) is 19.3. The molecule has 0 aromatic heterocycles. The van der Waals surface area contributed by atoms with Crippen LogP contribution in [-0.2, 0) is 16.3 Å². The Morgan fingerprint density at radius 2 is 1.56 bits per heavy atom. The zero-order chi connectivity index (χ0) is 18.2. The topological polar surface area (TPSA) is 74.6 Å². The molecule has 134 valence electrons. The molecule has 0 amide bonds. The third-order valence-corrected chi connectivity index (χ3v) is 7.78. The fourth-order valence-electron chi connectivity index (χ4n) is 3.61. The van der Waals surface area contributed by atoms with E-state index in [0.29, 0.717) is 5.02 Å². The molecule has 1 fully saturated rings. The van der Waals surface area contributed by atoms with Gasteiger partial charge in [-0.3, -0.25) is 0 Å². The lowest BCUT2D eigenvalue weighted by molar-refractivity contribution is 0.130. The average molecular weight is 381 g/mol. The molecule has 3 rings (SSSR count). The first kappa shape index (κ1) is 18.4. The Bertz CT molecular complexity index is 840. The van der Waals surface area contributed by atoms with Gasteiger partial charge < -0.3 is 10.2 Å². The smallest absolute Gasteiger partial charge is 0.182 e. The van der Waals surface area contributed by atoms with Crippen molar-refractivity contribution in [2.24, 2.45) is 5.41 Å². The highest BCUT2D eigenvalue weighted by Gasteiger charge is 2.70. The van der Waals surface area contributed by atoms with Crippen LogP contribution >= 0.6 is 11.6 Å². The van der Waals surface area contributed by atoms with Gasteiger partial charge in [0.1, 0.15) is 0 Å². The molecular weight excluding hydrogens is 360 g/mol. The predicted molar refractivity (Wildman–Crippen MR) is 97.6 cm³/mol. The van der Waals surface area contributed by atoms with E-state index < -0.39 is 26.4 Å². The Labute approximate surface area is 153 Å². The largest absolute Gasteiger partial charge is 0.396 e. The maximum atomic E-state index is 13.1. The highest BCUT2D eigenvalue weighted by atomic mass is 35.5. The monoisotopic (exact) mass is 380 g/mol. The minimum atomic E-state index is -3.71. The van der Waals surface area contributed by atoms with Crippen LogP contribution in [0, 0.1) is 5.41 Å². The van der Waals surface area contributed by atoms with Crippen LogP contribution < -0.4 is 0 Å². The van der Waals surface area contributed by atoms with Gasteiger partial charge in [0.2, 0.25) is 0 Å². The zero-order valence-corrected chi connectivity index (χ0v) is 15.5. The Kier molecular flexibility index (Phi) is 4.95. The number of aryl methyl sites for hydroxylation is 1. The summed E-state index contributed by atoms with van der Waals surface area (Å²) in [6.07, 6.45) is 0.891. The molecule has 2 atom stereocenters. The molecule has 1 saturated carbocycles. The maximum absolute atomic E-state index is 13.1. The Morgan fingerprint density at radius 1 is 1.00 bits per heavy atom. The van der Waals surface area contributed by atoms with Crippen LogP contribution in [0.3, 0.4) is 0 Å². The van der Waals surface area contributed by atoms with Gasteiger partial charge in [0.25, 0.3) is 0 Å². The lowest BCUT2D eigenvalue weighted by Crippen LogP contribution is -2.23. The van der Waals surface area contributed by atoms with Gasteiger partial charge in [-0.2, -0.15) is 0 Å². The highest BCUT2D eigenvalue weighted by molar-refractivity contribution is 7.92. The van der Waals surface area contributed by atoms with Gasteiger partial charge in [-0.05, 0) is 41.8 Å². The van der Waals surface area contributed by atoms with E-state index in [4.69, 9.17) is 11.6 Å². The molecule has 1 aliphatic carbocycles. The third kappa shape index (κ3) is 2.99. The molecule has 0 spiro atoms. The lowest BCUT2D eigenvalue weighted by atomic mass is 9.99. The van der Waals surface area contributed by atoms with E-state index in [1.54, 1.807) is 0 Å². The first-order valence-electron chi connectivity index (χ1n) is 8.20. The van der Waals surface area contributed by atoms with Crippen LogP contribution in [-0.4, -0.2) is 37.1 Å². The van der Waals surface area contributed by atoms with E-state index in [1.807, 2.05) is 31.2 Å². The molecule has 4 nitrogen and oxygen atoms in total. The SMILES string of the molecule is CCc1ccc([C@@H]2[C@@H](S(=O)(=O)c3ccc(Cl)cc3)C2(CO)CO)cc1. The summed E-state index contributed by atoms with van der Waals surface area (Å²) in [5.74, 6) is -0.436. The Balaban J connectivity index is 2.02. The summed E-state index contributed by atoms with van der Waals surface area (Å²) >= 11 is 5.85. The van der Waals surface area contributed by atoms with Crippen molar-refractivity contribution in [2.75, 3.05) is 13.2 Å². The second-order valence-corrected chi connectivity index (χ2v) is 9.05. The second-order valence-electron chi connectivity index (χ2n) is 6.54. The lowest BCUT2D eigenvalue weighted by Gasteiger charge is -2.11. The van der Waals surface area contributed by atoms with Gasteiger partial charge >= 0.3 is 0 Å². The summed E-state index contributed by atoms with van der Waals surface area (Å²) in [4.78, 5) is 0.154. The van der Waals surface area contributed by atoms with Gasteiger partial charge in [0, 0.05) is 16.4 Å². The molecule has 0 unspecified atom stereocenters. The molecule has 0 aliphatic heterocycles. The number of rotatable bonds is 6. The van der Waals surface area contributed by atoms with Gasteiger partial charge in [-0.1, -0.05) is 42.8 Å². The van der Waals surface area contributed by atoms with Crippen molar-refractivity contribution >= 4 is 21.4 Å². The van der Waals surface area contributed by atoms with Gasteiger partial charge in [0.05, 0.1) is 23.4 Å². The summed E-state index contributed by atoms with van der Waals surface area (Å²) in [6.45, 7) is 1.27. The van der Waals surface area contributed by atoms with Crippen molar-refractivity contribution < 1.29 is 18.6 Å².